The molecular weight excluding hydrogens is 344 g/mol. The summed E-state index contributed by atoms with van der Waals surface area (Å²) in [5.74, 6) is -0.0627. The maximum absolute atomic E-state index is 12.7. The van der Waals surface area contributed by atoms with Crippen molar-refractivity contribution in [1.82, 2.24) is 0 Å². The summed E-state index contributed by atoms with van der Waals surface area (Å²) in [5.41, 5.74) is 7.73. The second kappa shape index (κ2) is 7.89. The van der Waals surface area contributed by atoms with Crippen LogP contribution in [0.4, 0.5) is 11.4 Å². The Morgan fingerprint density at radius 2 is 1.64 bits per heavy atom. The van der Waals surface area contributed by atoms with Gasteiger partial charge in [-0.2, -0.15) is 0 Å². The van der Waals surface area contributed by atoms with Gasteiger partial charge in [0.25, 0.3) is 5.91 Å². The van der Waals surface area contributed by atoms with Crippen LogP contribution >= 0.6 is 0 Å². The lowest BCUT2D eigenvalue weighted by atomic mass is 10.0. The summed E-state index contributed by atoms with van der Waals surface area (Å²) in [6.07, 6.45) is 2.34. The summed E-state index contributed by atoms with van der Waals surface area (Å²) < 4.78 is 0. The Bertz CT molecular complexity index is 971. The van der Waals surface area contributed by atoms with Gasteiger partial charge in [0.05, 0.1) is 0 Å². The Labute approximate surface area is 167 Å². The van der Waals surface area contributed by atoms with Gasteiger partial charge in [-0.25, -0.2) is 0 Å². The van der Waals surface area contributed by atoms with Crippen LogP contribution in [-0.2, 0) is 13.0 Å². The third-order valence-electron chi connectivity index (χ3n) is 5.52. The summed E-state index contributed by atoms with van der Waals surface area (Å²) in [4.78, 5) is 15.1. The van der Waals surface area contributed by atoms with Gasteiger partial charge in [0.2, 0.25) is 0 Å². The van der Waals surface area contributed by atoms with Crippen LogP contribution in [0.1, 0.15) is 39.0 Å². The summed E-state index contributed by atoms with van der Waals surface area (Å²) in [5, 5.41) is 3.06. The molecular formula is C25H26N2O. The third kappa shape index (κ3) is 3.79. The fourth-order valence-corrected chi connectivity index (χ4v) is 3.96. The molecule has 1 heterocycles. The Balaban J connectivity index is 1.47. The van der Waals surface area contributed by atoms with E-state index in [-0.39, 0.29) is 5.91 Å². The third-order valence-corrected chi connectivity index (χ3v) is 5.52. The maximum Gasteiger partial charge on any atom is 0.255 e. The van der Waals surface area contributed by atoms with Crippen LogP contribution in [0.2, 0.25) is 0 Å². The molecule has 0 spiro atoms. The molecule has 142 valence electrons. The van der Waals surface area contributed by atoms with E-state index in [1.165, 1.54) is 23.2 Å². The van der Waals surface area contributed by atoms with Crippen molar-refractivity contribution in [3.63, 3.8) is 0 Å². The molecule has 3 aromatic carbocycles. The number of carbonyl (C=O) groups is 1. The minimum atomic E-state index is -0.0627. The van der Waals surface area contributed by atoms with E-state index in [0.717, 1.165) is 36.3 Å². The average Bonchev–Trinajstić information content (AvgIpc) is 2.71. The summed E-state index contributed by atoms with van der Waals surface area (Å²) >= 11 is 0. The molecule has 0 saturated carbocycles. The van der Waals surface area contributed by atoms with Crippen molar-refractivity contribution in [3.05, 3.63) is 94.5 Å². The number of benzene rings is 3. The molecule has 28 heavy (non-hydrogen) atoms. The Hall–Kier alpha value is -3.07. The van der Waals surface area contributed by atoms with Gasteiger partial charge in [-0.3, -0.25) is 4.79 Å². The van der Waals surface area contributed by atoms with E-state index in [0.29, 0.717) is 5.56 Å². The van der Waals surface area contributed by atoms with Gasteiger partial charge in [0.15, 0.2) is 0 Å². The Morgan fingerprint density at radius 1 is 0.929 bits per heavy atom. The van der Waals surface area contributed by atoms with Crippen molar-refractivity contribution in [2.45, 2.75) is 33.2 Å². The normalized spacial score (nSPS) is 13.1. The second-order valence-corrected chi connectivity index (χ2v) is 7.57. The number of hydrogen-bond acceptors (Lipinski definition) is 2. The topological polar surface area (TPSA) is 32.3 Å². The smallest absolute Gasteiger partial charge is 0.255 e. The lowest BCUT2D eigenvalue weighted by Gasteiger charge is -2.31. The molecule has 1 aliphatic rings. The van der Waals surface area contributed by atoms with Crippen LogP contribution in [0.15, 0.2) is 66.7 Å². The second-order valence-electron chi connectivity index (χ2n) is 7.57. The number of hydrogen-bond donors (Lipinski definition) is 1. The SMILES string of the molecule is Cc1cccc(C)c1NC(=O)c1ccc(CN2CCCc3ccccc32)cc1. The predicted molar refractivity (Wildman–Crippen MR) is 116 cm³/mol. The van der Waals surface area contributed by atoms with Gasteiger partial charge in [-0.1, -0.05) is 48.5 Å². The van der Waals surface area contributed by atoms with Gasteiger partial charge in [0, 0.05) is 30.0 Å². The first-order valence-corrected chi connectivity index (χ1v) is 9.91. The highest BCUT2D eigenvalue weighted by Gasteiger charge is 2.16. The lowest BCUT2D eigenvalue weighted by Crippen LogP contribution is -2.28. The number of nitrogens with one attached hydrogen (secondary N) is 1. The minimum absolute atomic E-state index is 0.0627. The van der Waals surface area contributed by atoms with Crippen LogP contribution in [0.5, 0.6) is 0 Å². The quantitative estimate of drug-likeness (QED) is 0.657. The number of fused-ring (bicyclic) bond motifs is 1. The molecule has 4 rings (SSSR count). The fraction of sp³-hybridized carbons (Fsp3) is 0.240. The zero-order valence-corrected chi connectivity index (χ0v) is 16.5. The fourth-order valence-electron chi connectivity index (χ4n) is 3.96. The highest BCUT2D eigenvalue weighted by Crippen LogP contribution is 2.28. The van der Waals surface area contributed by atoms with E-state index in [1.807, 2.05) is 44.2 Å². The largest absolute Gasteiger partial charge is 0.367 e. The number of rotatable bonds is 4. The van der Waals surface area contributed by atoms with E-state index >= 15 is 0 Å². The molecule has 0 aromatic heterocycles. The van der Waals surface area contributed by atoms with Crippen molar-refractivity contribution in [2.24, 2.45) is 0 Å². The molecule has 3 heteroatoms. The lowest BCUT2D eigenvalue weighted by molar-refractivity contribution is 0.102. The predicted octanol–water partition coefficient (Wildman–Crippen LogP) is 5.51. The molecule has 1 N–H and O–H groups in total. The summed E-state index contributed by atoms with van der Waals surface area (Å²) in [7, 11) is 0. The van der Waals surface area contributed by atoms with E-state index in [4.69, 9.17) is 0 Å². The molecule has 0 saturated heterocycles. The molecule has 0 radical (unpaired) electrons. The van der Waals surface area contributed by atoms with Gasteiger partial charge in [-0.15, -0.1) is 0 Å². The molecule has 0 unspecified atom stereocenters. The van der Waals surface area contributed by atoms with Crippen molar-refractivity contribution < 1.29 is 4.79 Å². The van der Waals surface area contributed by atoms with E-state index in [2.05, 4.69) is 46.6 Å². The number of amides is 1. The Morgan fingerprint density at radius 3 is 2.39 bits per heavy atom. The molecule has 3 aromatic rings. The van der Waals surface area contributed by atoms with Crippen molar-refractivity contribution in [2.75, 3.05) is 16.8 Å². The van der Waals surface area contributed by atoms with Gasteiger partial charge in [0.1, 0.15) is 0 Å². The van der Waals surface area contributed by atoms with Gasteiger partial charge >= 0.3 is 0 Å². The molecule has 1 aliphatic heterocycles. The van der Waals surface area contributed by atoms with Crippen molar-refractivity contribution in [1.29, 1.82) is 0 Å². The van der Waals surface area contributed by atoms with Crippen molar-refractivity contribution in [3.8, 4) is 0 Å². The number of nitrogens with zero attached hydrogens (tertiary/aromatic N) is 1. The zero-order chi connectivity index (χ0) is 19.5. The van der Waals surface area contributed by atoms with Crippen LogP contribution in [0.3, 0.4) is 0 Å². The first-order chi connectivity index (χ1) is 13.6. The van der Waals surface area contributed by atoms with Crippen LogP contribution < -0.4 is 10.2 Å². The molecule has 3 nitrogen and oxygen atoms in total. The van der Waals surface area contributed by atoms with Crippen LogP contribution in [-0.4, -0.2) is 12.5 Å². The van der Waals surface area contributed by atoms with Crippen LogP contribution in [0.25, 0.3) is 0 Å². The molecule has 1 amide bonds. The number of carbonyl (C=O) groups excluding carboxylic acids is 1. The molecule has 0 atom stereocenters. The monoisotopic (exact) mass is 370 g/mol. The van der Waals surface area contributed by atoms with Gasteiger partial charge < -0.3 is 10.2 Å². The van der Waals surface area contributed by atoms with Gasteiger partial charge in [-0.05, 0) is 67.1 Å². The number of para-hydroxylation sites is 2. The average molecular weight is 370 g/mol. The Kier molecular flexibility index (Phi) is 5.16. The molecule has 0 bridgehead atoms. The molecule has 0 aliphatic carbocycles. The first-order valence-electron chi connectivity index (χ1n) is 9.91. The zero-order valence-electron chi connectivity index (χ0n) is 16.5. The first kappa shape index (κ1) is 18.3. The summed E-state index contributed by atoms with van der Waals surface area (Å²) in [6, 6.07) is 22.7. The van der Waals surface area contributed by atoms with E-state index < -0.39 is 0 Å². The number of aryl methyl sites for hydroxylation is 3. The standard InChI is InChI=1S/C25H26N2O/c1-18-7-5-8-19(2)24(18)26-25(28)22-14-12-20(13-15-22)17-27-16-6-10-21-9-3-4-11-23(21)27/h3-5,7-9,11-15H,6,10,16-17H2,1-2H3,(H,26,28). The minimum Gasteiger partial charge on any atom is -0.367 e. The number of anilines is 2. The van der Waals surface area contributed by atoms with Crippen molar-refractivity contribution >= 4 is 17.3 Å². The maximum atomic E-state index is 12.7. The van der Waals surface area contributed by atoms with Crippen LogP contribution in [0, 0.1) is 13.8 Å². The highest BCUT2D eigenvalue weighted by molar-refractivity contribution is 6.05. The summed E-state index contributed by atoms with van der Waals surface area (Å²) in [6.45, 7) is 5.98. The highest BCUT2D eigenvalue weighted by atomic mass is 16.1. The van der Waals surface area contributed by atoms with E-state index in [1.54, 1.807) is 0 Å². The van der Waals surface area contributed by atoms with E-state index in [9.17, 15) is 4.79 Å². The molecule has 0 fully saturated rings.